The molecule has 5 heteroatoms. The molecule has 5 nitrogen and oxygen atoms in total. The number of esters is 1. The second-order valence-electron chi connectivity index (χ2n) is 5.67. The van der Waals surface area contributed by atoms with Gasteiger partial charge in [0.1, 0.15) is 12.0 Å². The largest absolute Gasteiger partial charge is 0.464 e. The van der Waals surface area contributed by atoms with Crippen molar-refractivity contribution in [1.82, 2.24) is 4.90 Å². The minimum absolute atomic E-state index is 0.0822. The van der Waals surface area contributed by atoms with E-state index in [1.165, 1.54) is 31.6 Å². The Morgan fingerprint density at radius 1 is 1.13 bits per heavy atom. The van der Waals surface area contributed by atoms with E-state index in [9.17, 15) is 9.59 Å². The molecule has 0 spiro atoms. The summed E-state index contributed by atoms with van der Waals surface area (Å²) in [6.07, 6.45) is 4.84. The SMILES string of the molecule is O=C(Oc1coc(CN2CCCCC2)cc1=O)c1ccccc1. The van der Waals surface area contributed by atoms with Crippen LogP contribution in [0.3, 0.4) is 0 Å². The maximum absolute atomic E-state index is 12.1. The molecule has 120 valence electrons. The van der Waals surface area contributed by atoms with Crippen molar-refractivity contribution in [2.45, 2.75) is 25.8 Å². The lowest BCUT2D eigenvalue weighted by atomic mass is 10.1. The number of nitrogens with zero attached hydrogens (tertiary/aromatic N) is 1. The first-order valence-corrected chi connectivity index (χ1v) is 7.84. The Hall–Kier alpha value is -2.40. The van der Waals surface area contributed by atoms with Crippen LogP contribution < -0.4 is 10.2 Å². The maximum atomic E-state index is 12.1. The Morgan fingerprint density at radius 3 is 2.57 bits per heavy atom. The van der Waals surface area contributed by atoms with Gasteiger partial charge in [0, 0.05) is 6.07 Å². The molecule has 2 aromatic rings. The fraction of sp³-hybridized carbons (Fsp3) is 0.333. The molecule has 1 aliphatic rings. The summed E-state index contributed by atoms with van der Waals surface area (Å²) in [6, 6.07) is 9.95. The molecule has 3 rings (SSSR count). The Labute approximate surface area is 134 Å². The lowest BCUT2D eigenvalue weighted by Crippen LogP contribution is -2.29. The highest BCUT2D eigenvalue weighted by molar-refractivity contribution is 5.90. The van der Waals surface area contributed by atoms with E-state index < -0.39 is 5.97 Å². The molecule has 23 heavy (non-hydrogen) atoms. The number of rotatable bonds is 4. The Balaban J connectivity index is 1.67. The van der Waals surface area contributed by atoms with E-state index in [2.05, 4.69) is 4.90 Å². The predicted molar refractivity (Wildman–Crippen MR) is 85.5 cm³/mol. The molecule has 1 saturated heterocycles. The number of hydrogen-bond acceptors (Lipinski definition) is 5. The van der Waals surface area contributed by atoms with Gasteiger partial charge in [0.2, 0.25) is 11.2 Å². The predicted octanol–water partition coefficient (Wildman–Crippen LogP) is 2.84. The van der Waals surface area contributed by atoms with Gasteiger partial charge in [-0.2, -0.15) is 0 Å². The number of ether oxygens (including phenoxy) is 1. The van der Waals surface area contributed by atoms with Crippen LogP contribution >= 0.6 is 0 Å². The molecule has 0 amide bonds. The van der Waals surface area contributed by atoms with Crippen LogP contribution in [0.1, 0.15) is 35.4 Å². The van der Waals surface area contributed by atoms with Gasteiger partial charge in [-0.25, -0.2) is 4.79 Å². The summed E-state index contributed by atoms with van der Waals surface area (Å²) < 4.78 is 10.6. The van der Waals surface area contributed by atoms with E-state index in [1.807, 2.05) is 0 Å². The zero-order valence-corrected chi connectivity index (χ0v) is 12.9. The van der Waals surface area contributed by atoms with Gasteiger partial charge >= 0.3 is 5.97 Å². The Kier molecular flexibility index (Phi) is 4.88. The first kappa shape index (κ1) is 15.5. The number of likely N-dealkylation sites (tertiary alicyclic amines) is 1. The number of piperidine rings is 1. The standard InChI is InChI=1S/C18H19NO4/c20-16-11-15(12-19-9-5-2-6-10-19)22-13-17(16)23-18(21)14-7-3-1-4-8-14/h1,3-4,7-8,11,13H,2,5-6,9-10,12H2. The second kappa shape index (κ2) is 7.24. The van der Waals surface area contributed by atoms with Crippen molar-refractivity contribution in [3.05, 3.63) is 64.2 Å². The molecule has 0 atom stereocenters. The summed E-state index contributed by atoms with van der Waals surface area (Å²) in [4.78, 5) is 26.3. The van der Waals surface area contributed by atoms with Crippen molar-refractivity contribution in [1.29, 1.82) is 0 Å². The molecule has 2 heterocycles. The van der Waals surface area contributed by atoms with Crippen LogP contribution in [0.4, 0.5) is 0 Å². The van der Waals surface area contributed by atoms with Crippen LogP contribution in [0.2, 0.25) is 0 Å². The molecule has 0 unspecified atom stereocenters. The lowest BCUT2D eigenvalue weighted by Gasteiger charge is -2.25. The topological polar surface area (TPSA) is 59.8 Å². The van der Waals surface area contributed by atoms with Gasteiger partial charge in [0.25, 0.3) is 0 Å². The third kappa shape index (κ3) is 4.07. The summed E-state index contributed by atoms with van der Waals surface area (Å²) in [5, 5.41) is 0. The fourth-order valence-electron chi connectivity index (χ4n) is 2.67. The van der Waals surface area contributed by atoms with Crippen LogP contribution in [0, 0.1) is 0 Å². The smallest absolute Gasteiger partial charge is 0.343 e. The fourth-order valence-corrected chi connectivity index (χ4v) is 2.67. The van der Waals surface area contributed by atoms with Gasteiger partial charge in [-0.05, 0) is 38.1 Å². The van der Waals surface area contributed by atoms with Gasteiger partial charge < -0.3 is 9.15 Å². The number of carbonyl (C=O) groups is 1. The number of benzene rings is 1. The summed E-state index contributed by atoms with van der Waals surface area (Å²) in [5.74, 6) is -0.0562. The molecule has 1 aromatic carbocycles. The Bertz CT molecular complexity index is 717. The van der Waals surface area contributed by atoms with Gasteiger partial charge in [0.15, 0.2) is 0 Å². The average molecular weight is 313 g/mol. The van der Waals surface area contributed by atoms with Crippen LogP contribution in [0.15, 0.2) is 51.9 Å². The minimum Gasteiger partial charge on any atom is -0.464 e. The van der Waals surface area contributed by atoms with Gasteiger partial charge in [-0.1, -0.05) is 24.6 Å². The molecule has 0 N–H and O–H groups in total. The molecule has 0 aliphatic carbocycles. The Morgan fingerprint density at radius 2 is 1.87 bits per heavy atom. The van der Waals surface area contributed by atoms with E-state index >= 15 is 0 Å². The van der Waals surface area contributed by atoms with Crippen molar-refractivity contribution in [2.75, 3.05) is 13.1 Å². The van der Waals surface area contributed by atoms with Crippen molar-refractivity contribution < 1.29 is 13.9 Å². The first-order chi connectivity index (χ1) is 11.2. The summed E-state index contributed by atoms with van der Waals surface area (Å²) >= 11 is 0. The van der Waals surface area contributed by atoms with Gasteiger partial charge in [-0.15, -0.1) is 0 Å². The van der Waals surface area contributed by atoms with Crippen molar-refractivity contribution in [2.24, 2.45) is 0 Å². The van der Waals surface area contributed by atoms with Crippen LogP contribution in [0.5, 0.6) is 5.75 Å². The highest BCUT2D eigenvalue weighted by atomic mass is 16.5. The molecule has 1 aromatic heterocycles. The van der Waals surface area contributed by atoms with E-state index in [4.69, 9.17) is 9.15 Å². The zero-order valence-electron chi connectivity index (χ0n) is 12.9. The van der Waals surface area contributed by atoms with Crippen LogP contribution in [-0.2, 0) is 6.54 Å². The maximum Gasteiger partial charge on any atom is 0.343 e. The van der Waals surface area contributed by atoms with Gasteiger partial charge in [0.05, 0.1) is 12.1 Å². The molecule has 0 bridgehead atoms. The number of hydrogen-bond donors (Lipinski definition) is 0. The third-order valence-corrected chi connectivity index (χ3v) is 3.89. The monoisotopic (exact) mass is 313 g/mol. The quantitative estimate of drug-likeness (QED) is 0.812. The second-order valence-corrected chi connectivity index (χ2v) is 5.67. The molecule has 0 radical (unpaired) electrons. The average Bonchev–Trinajstić information content (AvgIpc) is 2.59. The van der Waals surface area contributed by atoms with E-state index in [0.29, 0.717) is 17.9 Å². The van der Waals surface area contributed by atoms with Crippen molar-refractivity contribution in [3.63, 3.8) is 0 Å². The number of carbonyl (C=O) groups excluding carboxylic acids is 1. The molecule has 0 saturated carbocycles. The van der Waals surface area contributed by atoms with Crippen LogP contribution in [-0.4, -0.2) is 24.0 Å². The van der Waals surface area contributed by atoms with E-state index in [-0.39, 0.29) is 11.2 Å². The lowest BCUT2D eigenvalue weighted by molar-refractivity contribution is 0.0728. The van der Waals surface area contributed by atoms with Crippen LogP contribution in [0.25, 0.3) is 0 Å². The normalized spacial score (nSPS) is 15.3. The summed E-state index contributed by atoms with van der Waals surface area (Å²) in [6.45, 7) is 2.66. The highest BCUT2D eigenvalue weighted by Gasteiger charge is 2.15. The zero-order chi connectivity index (χ0) is 16.1. The van der Waals surface area contributed by atoms with E-state index in [1.54, 1.807) is 30.3 Å². The summed E-state index contributed by atoms with van der Waals surface area (Å²) in [5.41, 5.74) is 0.0526. The molecular formula is C18H19NO4. The van der Waals surface area contributed by atoms with Gasteiger partial charge in [-0.3, -0.25) is 9.69 Å². The minimum atomic E-state index is -0.568. The highest BCUT2D eigenvalue weighted by Crippen LogP contribution is 2.14. The van der Waals surface area contributed by atoms with Crippen molar-refractivity contribution in [3.8, 4) is 5.75 Å². The molecule has 1 aliphatic heterocycles. The third-order valence-electron chi connectivity index (χ3n) is 3.89. The summed E-state index contributed by atoms with van der Waals surface area (Å²) in [7, 11) is 0. The molecule has 1 fully saturated rings. The molecular weight excluding hydrogens is 294 g/mol. The first-order valence-electron chi connectivity index (χ1n) is 7.84. The van der Waals surface area contributed by atoms with Crippen molar-refractivity contribution >= 4 is 5.97 Å². The van der Waals surface area contributed by atoms with E-state index in [0.717, 1.165) is 13.1 Å².